The van der Waals surface area contributed by atoms with Crippen LogP contribution in [0.5, 0.6) is 0 Å². The fraction of sp³-hybridized carbons (Fsp3) is 0.167. The van der Waals surface area contributed by atoms with Gasteiger partial charge in [-0.15, -0.1) is 0 Å². The lowest BCUT2D eigenvalue weighted by Gasteiger charge is -2.35. The van der Waals surface area contributed by atoms with E-state index < -0.39 is 5.41 Å². The summed E-state index contributed by atoms with van der Waals surface area (Å²) in [6, 6.07) is 89.4. The van der Waals surface area contributed by atoms with Crippen LogP contribution in [0.15, 0.2) is 237 Å². The molecule has 0 spiro atoms. The minimum atomic E-state index is -0.607. The minimum Gasteiger partial charge on any atom is -0.310 e. The van der Waals surface area contributed by atoms with Crippen molar-refractivity contribution in [2.45, 2.75) is 77.0 Å². The van der Waals surface area contributed by atoms with Gasteiger partial charge < -0.3 is 4.90 Å². The molecule has 2 aliphatic rings. The third-order valence-corrected chi connectivity index (χ3v) is 16.1. The van der Waals surface area contributed by atoms with Gasteiger partial charge in [0.25, 0.3) is 0 Å². The Kier molecular flexibility index (Phi) is 11.0. The molecule has 356 valence electrons. The first kappa shape index (κ1) is 46.1. The topological polar surface area (TPSA) is 3.24 Å². The number of hydrogen-bond acceptors (Lipinski definition) is 1. The third kappa shape index (κ3) is 7.68. The standard InChI is InChI=1S/C72H63N/c1-69(2,3)53-36-30-49(31-37-53)48-26-28-52(29-27-48)60-23-17-25-65-68(60)63-45-43-59(47-67(63)72(65,55-18-11-9-12-19-55)56-20-13-10-14-21-56)73(57-40-34-51(35-41-57)50-32-38-54(39-33-50)70(4,5)6)58-42-44-62-61-22-15-16-24-64(61)71(7,8)66(62)46-58/h9-47H,1-8H3. The van der Waals surface area contributed by atoms with Crippen molar-refractivity contribution in [1.82, 2.24) is 0 Å². The van der Waals surface area contributed by atoms with E-state index in [9.17, 15) is 0 Å². The molecule has 2 aliphatic carbocycles. The molecular formula is C72H63N. The Bertz CT molecular complexity index is 3620. The molecule has 1 heteroatoms. The molecule has 0 amide bonds. The van der Waals surface area contributed by atoms with Gasteiger partial charge in [-0.05, 0) is 147 Å². The molecule has 0 saturated carbocycles. The second kappa shape index (κ2) is 17.3. The largest absolute Gasteiger partial charge is 0.310 e. The highest BCUT2D eigenvalue weighted by molar-refractivity contribution is 5.97. The fourth-order valence-electron chi connectivity index (χ4n) is 12.2. The normalized spacial score (nSPS) is 14.0. The molecule has 0 saturated heterocycles. The first-order valence-corrected chi connectivity index (χ1v) is 26.1. The Labute approximate surface area is 433 Å². The molecule has 0 radical (unpaired) electrons. The predicted molar refractivity (Wildman–Crippen MR) is 310 cm³/mol. The zero-order valence-corrected chi connectivity index (χ0v) is 43.5. The summed E-state index contributed by atoms with van der Waals surface area (Å²) in [4.78, 5) is 2.49. The van der Waals surface area contributed by atoms with Gasteiger partial charge in [0.1, 0.15) is 0 Å². The van der Waals surface area contributed by atoms with Crippen LogP contribution in [0.1, 0.15) is 99.9 Å². The van der Waals surface area contributed by atoms with Crippen molar-refractivity contribution in [3.8, 4) is 55.6 Å². The number of nitrogens with zero attached hydrogens (tertiary/aromatic N) is 1. The van der Waals surface area contributed by atoms with Gasteiger partial charge in [-0.1, -0.05) is 256 Å². The quantitative estimate of drug-likeness (QED) is 0.147. The smallest absolute Gasteiger partial charge is 0.0714 e. The zero-order valence-electron chi connectivity index (χ0n) is 43.5. The highest BCUT2D eigenvalue weighted by atomic mass is 15.1. The van der Waals surface area contributed by atoms with Gasteiger partial charge in [-0.25, -0.2) is 0 Å². The molecule has 12 rings (SSSR count). The number of hydrogen-bond donors (Lipinski definition) is 0. The zero-order chi connectivity index (χ0) is 50.3. The van der Waals surface area contributed by atoms with Gasteiger partial charge in [0.2, 0.25) is 0 Å². The Morgan fingerprint density at radius 2 is 0.699 bits per heavy atom. The molecule has 10 aromatic carbocycles. The molecule has 0 unspecified atom stereocenters. The van der Waals surface area contributed by atoms with E-state index in [2.05, 4.69) is 297 Å². The van der Waals surface area contributed by atoms with Gasteiger partial charge >= 0.3 is 0 Å². The monoisotopic (exact) mass is 941 g/mol. The molecule has 0 fully saturated rings. The van der Waals surface area contributed by atoms with Crippen molar-refractivity contribution >= 4 is 17.1 Å². The summed E-state index contributed by atoms with van der Waals surface area (Å²) in [7, 11) is 0. The van der Waals surface area contributed by atoms with E-state index in [1.165, 1.54) is 100 Å². The van der Waals surface area contributed by atoms with Gasteiger partial charge in [0.05, 0.1) is 5.41 Å². The van der Waals surface area contributed by atoms with Crippen molar-refractivity contribution in [2.75, 3.05) is 4.90 Å². The van der Waals surface area contributed by atoms with Gasteiger partial charge in [0.15, 0.2) is 0 Å². The Morgan fingerprint density at radius 3 is 1.23 bits per heavy atom. The van der Waals surface area contributed by atoms with Crippen LogP contribution in [0.3, 0.4) is 0 Å². The van der Waals surface area contributed by atoms with E-state index in [-0.39, 0.29) is 16.2 Å². The highest BCUT2D eigenvalue weighted by Crippen LogP contribution is 2.60. The molecule has 73 heavy (non-hydrogen) atoms. The van der Waals surface area contributed by atoms with Gasteiger partial charge in [0, 0.05) is 22.5 Å². The van der Waals surface area contributed by atoms with Crippen LogP contribution in [0.25, 0.3) is 55.6 Å². The van der Waals surface area contributed by atoms with Crippen molar-refractivity contribution < 1.29 is 0 Å². The average molecular weight is 942 g/mol. The molecule has 0 aliphatic heterocycles. The molecular weight excluding hydrogens is 879 g/mol. The highest BCUT2D eigenvalue weighted by Gasteiger charge is 2.47. The van der Waals surface area contributed by atoms with E-state index in [4.69, 9.17) is 0 Å². The van der Waals surface area contributed by atoms with Crippen molar-refractivity contribution in [1.29, 1.82) is 0 Å². The van der Waals surface area contributed by atoms with Gasteiger partial charge in [-0.2, -0.15) is 0 Å². The van der Waals surface area contributed by atoms with Crippen molar-refractivity contribution in [3.63, 3.8) is 0 Å². The summed E-state index contributed by atoms with van der Waals surface area (Å²) in [5.41, 5.74) is 25.7. The molecule has 0 bridgehead atoms. The maximum atomic E-state index is 2.51. The maximum Gasteiger partial charge on any atom is 0.0714 e. The molecule has 10 aromatic rings. The van der Waals surface area contributed by atoms with E-state index >= 15 is 0 Å². The number of benzene rings is 10. The lowest BCUT2D eigenvalue weighted by atomic mass is 9.67. The summed E-state index contributed by atoms with van der Waals surface area (Å²) in [5, 5.41) is 0. The van der Waals surface area contributed by atoms with Crippen LogP contribution >= 0.6 is 0 Å². The first-order chi connectivity index (χ1) is 35.2. The van der Waals surface area contributed by atoms with Crippen LogP contribution in [-0.4, -0.2) is 0 Å². The van der Waals surface area contributed by atoms with E-state index in [1.54, 1.807) is 0 Å². The Hall–Kier alpha value is -8.00. The van der Waals surface area contributed by atoms with Crippen LogP contribution < -0.4 is 4.90 Å². The molecule has 0 aromatic heterocycles. The average Bonchev–Trinajstić information content (AvgIpc) is 3.86. The Balaban J connectivity index is 1.05. The lowest BCUT2D eigenvalue weighted by Crippen LogP contribution is -2.28. The molecule has 0 heterocycles. The minimum absolute atomic E-state index is 0.0947. The predicted octanol–water partition coefficient (Wildman–Crippen LogP) is 19.4. The Morgan fingerprint density at radius 1 is 0.301 bits per heavy atom. The number of fused-ring (bicyclic) bond motifs is 6. The summed E-state index contributed by atoms with van der Waals surface area (Å²) in [5.74, 6) is 0. The van der Waals surface area contributed by atoms with E-state index in [0.29, 0.717) is 0 Å². The fourth-order valence-corrected chi connectivity index (χ4v) is 12.2. The van der Waals surface area contributed by atoms with E-state index in [1.807, 2.05) is 0 Å². The van der Waals surface area contributed by atoms with Crippen LogP contribution in [0, 0.1) is 0 Å². The number of rotatable bonds is 8. The molecule has 0 atom stereocenters. The van der Waals surface area contributed by atoms with Crippen molar-refractivity contribution in [3.05, 3.63) is 281 Å². The summed E-state index contributed by atoms with van der Waals surface area (Å²) in [6.45, 7) is 18.4. The molecule has 1 nitrogen and oxygen atoms in total. The molecule has 0 N–H and O–H groups in total. The second-order valence-electron chi connectivity index (χ2n) is 23.0. The first-order valence-electron chi connectivity index (χ1n) is 26.1. The van der Waals surface area contributed by atoms with Crippen LogP contribution in [0.2, 0.25) is 0 Å². The van der Waals surface area contributed by atoms with Crippen molar-refractivity contribution in [2.24, 2.45) is 0 Å². The SMILES string of the molecule is CC(C)(C)c1ccc(-c2ccc(-c3cccc4c3-c3ccc(N(c5ccc(-c6ccc(C(C)(C)C)cc6)cc5)c5ccc6c(c5)C(C)(C)c5ccccc5-6)cc3C4(c3ccccc3)c3ccccc3)cc2)cc1. The van der Waals surface area contributed by atoms with E-state index in [0.717, 1.165) is 17.1 Å². The third-order valence-electron chi connectivity index (χ3n) is 16.1. The summed E-state index contributed by atoms with van der Waals surface area (Å²) < 4.78 is 0. The van der Waals surface area contributed by atoms with Crippen LogP contribution in [-0.2, 0) is 21.7 Å². The lowest BCUT2D eigenvalue weighted by molar-refractivity contribution is 0.590. The summed E-state index contributed by atoms with van der Waals surface area (Å²) in [6.07, 6.45) is 0. The second-order valence-corrected chi connectivity index (χ2v) is 23.0. The van der Waals surface area contributed by atoms with Crippen LogP contribution in [0.4, 0.5) is 17.1 Å². The maximum absolute atomic E-state index is 2.51. The number of anilines is 3. The van der Waals surface area contributed by atoms with Gasteiger partial charge in [-0.3, -0.25) is 0 Å². The summed E-state index contributed by atoms with van der Waals surface area (Å²) >= 11 is 0.